The molecule has 1 amide bonds. The van der Waals surface area contributed by atoms with E-state index in [1.54, 1.807) is 0 Å². The van der Waals surface area contributed by atoms with E-state index in [0.717, 1.165) is 44.7 Å². The van der Waals surface area contributed by atoms with Gasteiger partial charge in [0.2, 0.25) is 15.9 Å². The number of hydrogen-bond donors (Lipinski definition) is 2. The molecule has 7 heteroatoms. The van der Waals surface area contributed by atoms with Gasteiger partial charge in [-0.25, -0.2) is 13.1 Å². The van der Waals surface area contributed by atoms with Crippen molar-refractivity contribution in [3.63, 3.8) is 0 Å². The lowest BCUT2D eigenvalue weighted by molar-refractivity contribution is -0.145. The van der Waals surface area contributed by atoms with Crippen molar-refractivity contribution >= 4 is 15.9 Å². The van der Waals surface area contributed by atoms with Crippen molar-refractivity contribution in [2.24, 2.45) is 17.8 Å². The van der Waals surface area contributed by atoms with Crippen molar-refractivity contribution in [3.05, 3.63) is 35.4 Å². The largest absolute Gasteiger partial charge is 0.333 e. The summed E-state index contributed by atoms with van der Waals surface area (Å²) in [6.45, 7) is 6.98. The van der Waals surface area contributed by atoms with Crippen molar-refractivity contribution in [3.8, 4) is 0 Å². The number of benzene rings is 1. The third-order valence-corrected chi connectivity index (χ3v) is 8.91. The fourth-order valence-electron chi connectivity index (χ4n) is 6.44. The maximum Gasteiger partial charge on any atom is 0.233 e. The summed E-state index contributed by atoms with van der Waals surface area (Å²) in [5.41, 5.74) is 2.02. The number of carbonyl (C=O) groups excluding carboxylic acids is 1. The second-order valence-corrected chi connectivity index (χ2v) is 12.3. The first-order chi connectivity index (χ1) is 15.2. The molecule has 2 fully saturated rings. The van der Waals surface area contributed by atoms with Gasteiger partial charge in [0.05, 0.1) is 17.7 Å². The van der Waals surface area contributed by atoms with E-state index in [4.69, 9.17) is 0 Å². The summed E-state index contributed by atoms with van der Waals surface area (Å²) in [6.07, 6.45) is 7.44. The molecule has 1 aliphatic carbocycles. The third-order valence-electron chi connectivity index (χ3n) is 8.18. The Morgan fingerprint density at radius 3 is 2.41 bits per heavy atom. The van der Waals surface area contributed by atoms with Crippen molar-refractivity contribution in [2.45, 2.75) is 63.8 Å². The molecule has 0 bridgehead atoms. The summed E-state index contributed by atoms with van der Waals surface area (Å²) in [4.78, 5) is 16.2. The summed E-state index contributed by atoms with van der Waals surface area (Å²) in [7, 11) is -3.29. The number of hydrogen-bond acceptors (Lipinski definition) is 4. The van der Waals surface area contributed by atoms with E-state index in [9.17, 15) is 13.2 Å². The Morgan fingerprint density at radius 1 is 1.12 bits per heavy atom. The SMILES string of the molecule is CC(C)C1CCC(C2c3ccccc3C3(CCNCC3)C(=O)N2CCNS(C)(=O)=O)CC1. The predicted octanol–water partition coefficient (Wildman–Crippen LogP) is 3.20. The summed E-state index contributed by atoms with van der Waals surface area (Å²) >= 11 is 0. The fourth-order valence-corrected chi connectivity index (χ4v) is 6.90. The van der Waals surface area contributed by atoms with Gasteiger partial charge in [-0.15, -0.1) is 0 Å². The zero-order valence-corrected chi connectivity index (χ0v) is 20.6. The summed E-state index contributed by atoms with van der Waals surface area (Å²) in [6, 6.07) is 8.61. The topological polar surface area (TPSA) is 78.5 Å². The lowest BCUT2D eigenvalue weighted by Crippen LogP contribution is -2.59. The Balaban J connectivity index is 1.70. The van der Waals surface area contributed by atoms with Gasteiger partial charge in [-0.3, -0.25) is 4.79 Å². The molecule has 32 heavy (non-hydrogen) atoms. The molecule has 178 valence electrons. The van der Waals surface area contributed by atoms with E-state index in [2.05, 4.69) is 48.2 Å². The van der Waals surface area contributed by atoms with Crippen LogP contribution in [0.4, 0.5) is 0 Å². The summed E-state index contributed by atoms with van der Waals surface area (Å²) < 4.78 is 26.0. The average Bonchev–Trinajstić information content (AvgIpc) is 2.77. The van der Waals surface area contributed by atoms with Crippen LogP contribution in [0.5, 0.6) is 0 Å². The van der Waals surface area contributed by atoms with Gasteiger partial charge in [0, 0.05) is 13.1 Å². The molecule has 1 saturated heterocycles. The maximum atomic E-state index is 14.2. The Hall–Kier alpha value is -1.44. The van der Waals surface area contributed by atoms with Crippen molar-refractivity contribution in [1.29, 1.82) is 0 Å². The van der Waals surface area contributed by atoms with Crippen LogP contribution in [0.3, 0.4) is 0 Å². The van der Waals surface area contributed by atoms with E-state index in [1.807, 2.05) is 4.90 Å². The van der Waals surface area contributed by atoms with Crippen LogP contribution in [0, 0.1) is 17.8 Å². The van der Waals surface area contributed by atoms with Crippen LogP contribution in [0.2, 0.25) is 0 Å². The number of rotatable bonds is 6. The first kappa shape index (κ1) is 23.7. The summed E-state index contributed by atoms with van der Waals surface area (Å²) in [5, 5.41) is 3.41. The molecule has 0 radical (unpaired) electrons. The molecule has 1 spiro atoms. The number of piperidine rings is 1. The minimum absolute atomic E-state index is 0.0358. The van der Waals surface area contributed by atoms with Crippen molar-refractivity contribution in [1.82, 2.24) is 14.9 Å². The first-order valence-electron chi connectivity index (χ1n) is 12.3. The third kappa shape index (κ3) is 4.62. The Kier molecular flexibility index (Phi) is 6.99. The van der Waals surface area contributed by atoms with Gasteiger partial charge in [-0.2, -0.15) is 0 Å². The monoisotopic (exact) mass is 461 g/mol. The molecule has 2 N–H and O–H groups in total. The molecule has 4 rings (SSSR count). The molecule has 6 nitrogen and oxygen atoms in total. The Labute approximate surface area is 193 Å². The van der Waals surface area contributed by atoms with E-state index in [-0.39, 0.29) is 18.5 Å². The standard InChI is InChI=1S/C25H39N3O3S/c1-18(2)19-8-10-20(11-9-19)23-21-6-4-5-7-22(21)25(12-14-26-15-13-25)24(29)28(23)17-16-27-32(3,30)31/h4-7,18-20,23,26-27H,8-17H2,1-3H3. The number of sulfonamides is 1. The van der Waals surface area contributed by atoms with Crippen LogP contribution in [0.25, 0.3) is 0 Å². The van der Waals surface area contributed by atoms with Gasteiger partial charge < -0.3 is 10.2 Å². The quantitative estimate of drug-likeness (QED) is 0.682. The van der Waals surface area contributed by atoms with Crippen molar-refractivity contribution in [2.75, 3.05) is 32.4 Å². The normalized spacial score (nSPS) is 28.2. The van der Waals surface area contributed by atoms with E-state index in [0.29, 0.717) is 18.4 Å². The number of fused-ring (bicyclic) bond motifs is 2. The highest BCUT2D eigenvalue weighted by molar-refractivity contribution is 7.88. The van der Waals surface area contributed by atoms with Crippen LogP contribution in [-0.2, 0) is 20.2 Å². The van der Waals surface area contributed by atoms with E-state index in [1.165, 1.54) is 30.2 Å². The smallest absolute Gasteiger partial charge is 0.233 e. The first-order valence-corrected chi connectivity index (χ1v) is 14.2. The highest BCUT2D eigenvalue weighted by Crippen LogP contribution is 2.51. The second-order valence-electron chi connectivity index (χ2n) is 10.4. The molecular weight excluding hydrogens is 422 g/mol. The van der Waals surface area contributed by atoms with Gasteiger partial charge in [-0.1, -0.05) is 38.1 Å². The van der Waals surface area contributed by atoms with Gasteiger partial charge in [0.15, 0.2) is 0 Å². The van der Waals surface area contributed by atoms with Gasteiger partial charge in [0.1, 0.15) is 0 Å². The lowest BCUT2D eigenvalue weighted by Gasteiger charge is -2.52. The highest BCUT2D eigenvalue weighted by Gasteiger charge is 2.52. The molecule has 0 aromatic heterocycles. The molecule has 1 aromatic rings. The van der Waals surface area contributed by atoms with E-state index < -0.39 is 15.4 Å². The van der Waals surface area contributed by atoms with Crippen LogP contribution in [0.15, 0.2) is 24.3 Å². The van der Waals surface area contributed by atoms with Crippen LogP contribution >= 0.6 is 0 Å². The molecule has 2 aliphatic heterocycles. The van der Waals surface area contributed by atoms with E-state index >= 15 is 0 Å². The minimum atomic E-state index is -3.29. The maximum absolute atomic E-state index is 14.2. The van der Waals surface area contributed by atoms with Crippen LogP contribution < -0.4 is 10.0 Å². The summed E-state index contributed by atoms with van der Waals surface area (Å²) in [5.74, 6) is 2.08. The number of amides is 1. The van der Waals surface area contributed by atoms with Gasteiger partial charge >= 0.3 is 0 Å². The molecule has 1 unspecified atom stereocenters. The average molecular weight is 462 g/mol. The zero-order chi connectivity index (χ0) is 22.9. The molecular formula is C25H39N3O3S. The van der Waals surface area contributed by atoms with Crippen LogP contribution in [-0.4, -0.2) is 51.7 Å². The number of carbonyl (C=O) groups is 1. The minimum Gasteiger partial charge on any atom is -0.333 e. The van der Waals surface area contributed by atoms with Crippen LogP contribution in [0.1, 0.15) is 69.5 Å². The molecule has 1 atom stereocenters. The fraction of sp³-hybridized carbons (Fsp3) is 0.720. The predicted molar refractivity (Wildman–Crippen MR) is 128 cm³/mol. The van der Waals surface area contributed by atoms with Gasteiger partial charge in [-0.05, 0) is 80.5 Å². The highest BCUT2D eigenvalue weighted by atomic mass is 32.2. The molecule has 3 aliphatic rings. The Morgan fingerprint density at radius 2 is 1.78 bits per heavy atom. The van der Waals surface area contributed by atoms with Gasteiger partial charge in [0.25, 0.3) is 0 Å². The zero-order valence-electron chi connectivity index (χ0n) is 19.8. The number of nitrogens with zero attached hydrogens (tertiary/aromatic N) is 1. The molecule has 1 aromatic carbocycles. The number of nitrogens with one attached hydrogen (secondary N) is 2. The second kappa shape index (κ2) is 9.43. The Bertz CT molecular complexity index is 916. The molecule has 1 saturated carbocycles. The van der Waals surface area contributed by atoms with Crippen molar-refractivity contribution < 1.29 is 13.2 Å². The molecule has 2 heterocycles. The lowest BCUT2D eigenvalue weighted by atomic mass is 9.64.